The summed E-state index contributed by atoms with van der Waals surface area (Å²) in [6.45, 7) is 1.98. The Morgan fingerprint density at radius 3 is 2.79 bits per heavy atom. The third-order valence-corrected chi connectivity index (χ3v) is 5.63. The lowest BCUT2D eigenvalue weighted by atomic mass is 9.93. The van der Waals surface area contributed by atoms with Crippen LogP contribution < -0.4 is 10.6 Å². The zero-order chi connectivity index (χ0) is 16.9. The second kappa shape index (κ2) is 7.59. The Balaban J connectivity index is 1.83. The van der Waals surface area contributed by atoms with Crippen LogP contribution in [0.15, 0.2) is 60.7 Å². The highest BCUT2D eigenvalue weighted by molar-refractivity contribution is 7.56. The van der Waals surface area contributed by atoms with Crippen LogP contribution in [0.2, 0.25) is 0 Å². The van der Waals surface area contributed by atoms with Gasteiger partial charge in [-0.05, 0) is 54.8 Å². The molecule has 3 heteroatoms. The maximum absolute atomic E-state index is 11.3. The summed E-state index contributed by atoms with van der Waals surface area (Å²) < 4.78 is 0. The van der Waals surface area contributed by atoms with Crippen molar-refractivity contribution in [3.05, 3.63) is 77.4 Å². The number of carbonyl (C=O) groups excluding carboxylic acids is 1. The largest absolute Gasteiger partial charge is 0.507 e. The minimum atomic E-state index is 0.273. The average molecular weight is 336 g/mol. The SMILES string of the molecule is Cc1ccc(Pc2cc(CC3C=CC=CC3)ccc2O)c(C=O)c1. The topological polar surface area (TPSA) is 37.3 Å². The Morgan fingerprint density at radius 1 is 1.17 bits per heavy atom. The summed E-state index contributed by atoms with van der Waals surface area (Å²) in [5, 5.41) is 12.1. The number of aromatic hydroxyl groups is 1. The van der Waals surface area contributed by atoms with E-state index in [2.05, 4.69) is 30.4 Å². The number of carbonyl (C=O) groups is 1. The van der Waals surface area contributed by atoms with Crippen molar-refractivity contribution in [2.75, 3.05) is 0 Å². The van der Waals surface area contributed by atoms with E-state index in [1.54, 1.807) is 6.07 Å². The zero-order valence-electron chi connectivity index (χ0n) is 13.7. The lowest BCUT2D eigenvalue weighted by Gasteiger charge is -2.15. The Bertz CT molecular complexity index is 805. The second-order valence-electron chi connectivity index (χ2n) is 6.20. The highest BCUT2D eigenvalue weighted by Gasteiger charge is 2.11. The molecule has 1 N–H and O–H groups in total. The molecule has 1 aliphatic carbocycles. The highest BCUT2D eigenvalue weighted by Crippen LogP contribution is 2.24. The Kier molecular flexibility index (Phi) is 5.27. The minimum absolute atomic E-state index is 0.273. The molecule has 2 aromatic carbocycles. The van der Waals surface area contributed by atoms with Crippen LogP contribution in [0.3, 0.4) is 0 Å². The van der Waals surface area contributed by atoms with Crippen LogP contribution in [-0.2, 0) is 6.42 Å². The van der Waals surface area contributed by atoms with E-state index in [-0.39, 0.29) is 8.58 Å². The molecule has 24 heavy (non-hydrogen) atoms. The maximum Gasteiger partial charge on any atom is 0.150 e. The van der Waals surface area contributed by atoms with Crippen LogP contribution in [0.4, 0.5) is 0 Å². The first-order chi connectivity index (χ1) is 11.7. The first-order valence-electron chi connectivity index (χ1n) is 8.14. The summed E-state index contributed by atoms with van der Waals surface area (Å²) in [7, 11) is 0.273. The zero-order valence-corrected chi connectivity index (χ0v) is 14.7. The number of allylic oxidation sites excluding steroid dienone is 4. The van der Waals surface area contributed by atoms with Gasteiger partial charge in [0.25, 0.3) is 0 Å². The van der Waals surface area contributed by atoms with Gasteiger partial charge in [-0.3, -0.25) is 4.79 Å². The number of hydrogen-bond acceptors (Lipinski definition) is 2. The van der Waals surface area contributed by atoms with Gasteiger partial charge in [0.1, 0.15) is 5.75 Å². The molecule has 2 nitrogen and oxygen atoms in total. The predicted octanol–water partition coefficient (Wildman–Crippen LogP) is 3.82. The highest BCUT2D eigenvalue weighted by atomic mass is 31.1. The van der Waals surface area contributed by atoms with Crippen molar-refractivity contribution in [1.82, 2.24) is 0 Å². The first kappa shape index (κ1) is 16.7. The molecule has 0 aliphatic heterocycles. The molecular formula is C21H21O2P. The van der Waals surface area contributed by atoms with Gasteiger partial charge in [0, 0.05) is 10.9 Å². The monoisotopic (exact) mass is 336 g/mol. The molecule has 1 aliphatic rings. The predicted molar refractivity (Wildman–Crippen MR) is 102 cm³/mol. The lowest BCUT2D eigenvalue weighted by Crippen LogP contribution is -2.11. The van der Waals surface area contributed by atoms with Crippen molar-refractivity contribution < 1.29 is 9.90 Å². The minimum Gasteiger partial charge on any atom is -0.507 e. The molecule has 0 aromatic heterocycles. The van der Waals surface area contributed by atoms with Gasteiger partial charge in [-0.1, -0.05) is 56.6 Å². The molecule has 0 bridgehead atoms. The quantitative estimate of drug-likeness (QED) is 0.666. The van der Waals surface area contributed by atoms with E-state index in [0.29, 0.717) is 17.2 Å². The van der Waals surface area contributed by atoms with Crippen LogP contribution >= 0.6 is 8.58 Å². The van der Waals surface area contributed by atoms with Gasteiger partial charge in [0.05, 0.1) is 0 Å². The molecule has 0 fully saturated rings. The van der Waals surface area contributed by atoms with Crippen molar-refractivity contribution in [2.24, 2.45) is 5.92 Å². The standard InChI is InChI=1S/C21H21O2P/c1-15-7-10-20(18(11-15)14-22)24-21-13-17(8-9-19(21)23)12-16-5-3-2-4-6-16/h2-5,7-11,13-14,16,23-24H,6,12H2,1H3. The molecule has 2 unspecified atom stereocenters. The van der Waals surface area contributed by atoms with E-state index in [0.717, 1.165) is 35.3 Å². The molecule has 0 spiro atoms. The summed E-state index contributed by atoms with van der Waals surface area (Å²) in [6.07, 6.45) is 11.5. The van der Waals surface area contributed by atoms with Gasteiger partial charge in [-0.2, -0.15) is 0 Å². The fourth-order valence-electron chi connectivity index (χ4n) is 2.93. The molecule has 0 radical (unpaired) electrons. The third kappa shape index (κ3) is 4.01. The second-order valence-corrected chi connectivity index (χ2v) is 7.53. The number of rotatable bonds is 5. The summed E-state index contributed by atoms with van der Waals surface area (Å²) in [5.41, 5.74) is 3.00. The fraction of sp³-hybridized carbons (Fsp3) is 0.190. The smallest absolute Gasteiger partial charge is 0.150 e. The van der Waals surface area contributed by atoms with Crippen molar-refractivity contribution in [2.45, 2.75) is 19.8 Å². The van der Waals surface area contributed by atoms with Gasteiger partial charge in [-0.25, -0.2) is 0 Å². The van der Waals surface area contributed by atoms with Gasteiger partial charge >= 0.3 is 0 Å². The van der Waals surface area contributed by atoms with Crippen LogP contribution in [0.25, 0.3) is 0 Å². The first-order valence-corrected chi connectivity index (χ1v) is 9.14. The lowest BCUT2D eigenvalue weighted by molar-refractivity contribution is 0.112. The molecule has 122 valence electrons. The number of aldehydes is 1. The summed E-state index contributed by atoms with van der Waals surface area (Å²) in [5.74, 6) is 0.814. The number of phenols is 1. The van der Waals surface area contributed by atoms with Gasteiger partial charge < -0.3 is 5.11 Å². The van der Waals surface area contributed by atoms with Crippen LogP contribution in [0.1, 0.15) is 27.9 Å². The summed E-state index contributed by atoms with van der Waals surface area (Å²) in [6, 6.07) is 11.7. The van der Waals surface area contributed by atoms with Gasteiger partial charge in [0.2, 0.25) is 0 Å². The van der Waals surface area contributed by atoms with Gasteiger partial charge in [-0.15, -0.1) is 0 Å². The molecule has 0 saturated carbocycles. The van der Waals surface area contributed by atoms with Crippen molar-refractivity contribution in [3.63, 3.8) is 0 Å². The molecule has 3 rings (SSSR count). The van der Waals surface area contributed by atoms with Crippen molar-refractivity contribution in [1.29, 1.82) is 0 Å². The molecule has 0 heterocycles. The molecule has 2 aromatic rings. The van der Waals surface area contributed by atoms with E-state index in [1.807, 2.05) is 31.2 Å². The summed E-state index contributed by atoms with van der Waals surface area (Å²) in [4.78, 5) is 11.3. The summed E-state index contributed by atoms with van der Waals surface area (Å²) >= 11 is 0. The number of benzene rings is 2. The molecule has 2 atom stereocenters. The van der Waals surface area contributed by atoms with Crippen LogP contribution in [0, 0.1) is 12.8 Å². The number of aryl methyl sites for hydroxylation is 1. The average Bonchev–Trinajstić information content (AvgIpc) is 2.60. The van der Waals surface area contributed by atoms with E-state index in [1.165, 1.54) is 5.56 Å². The van der Waals surface area contributed by atoms with E-state index in [4.69, 9.17) is 0 Å². The Morgan fingerprint density at radius 2 is 2.04 bits per heavy atom. The number of phenolic OH excluding ortho intramolecular Hbond substituents is 1. The normalized spacial score (nSPS) is 16.8. The molecule has 0 saturated heterocycles. The third-order valence-electron chi connectivity index (χ3n) is 4.23. The van der Waals surface area contributed by atoms with E-state index in [9.17, 15) is 9.90 Å². The fourth-order valence-corrected chi connectivity index (χ4v) is 4.14. The van der Waals surface area contributed by atoms with Gasteiger partial charge in [0.15, 0.2) is 6.29 Å². The van der Waals surface area contributed by atoms with E-state index >= 15 is 0 Å². The number of hydrogen-bond donors (Lipinski definition) is 1. The Labute approximate surface area is 144 Å². The van der Waals surface area contributed by atoms with Crippen LogP contribution in [-0.4, -0.2) is 11.4 Å². The van der Waals surface area contributed by atoms with E-state index < -0.39 is 0 Å². The molecular weight excluding hydrogens is 315 g/mol. The maximum atomic E-state index is 11.3. The Hall–Kier alpha value is -2.18. The molecule has 0 amide bonds. The van der Waals surface area contributed by atoms with Crippen molar-refractivity contribution in [3.8, 4) is 5.75 Å². The van der Waals surface area contributed by atoms with Crippen LogP contribution in [0.5, 0.6) is 5.75 Å². The van der Waals surface area contributed by atoms with Crippen molar-refractivity contribution >= 4 is 25.5 Å².